The molecule has 0 saturated heterocycles. The van der Waals surface area contributed by atoms with Crippen molar-refractivity contribution in [2.45, 2.75) is 32.2 Å². The van der Waals surface area contributed by atoms with Crippen molar-refractivity contribution in [2.24, 2.45) is 0 Å². The standard InChI is InChI=1S/C16H21NS/c1-3-15(13-8-6-5-7-9-13)16(17-4-2)14-10-11-18-12-14/h5-12,15-17H,3-4H2,1-2H3. The number of benzene rings is 1. The van der Waals surface area contributed by atoms with Crippen LogP contribution in [-0.2, 0) is 0 Å². The topological polar surface area (TPSA) is 12.0 Å². The van der Waals surface area contributed by atoms with E-state index >= 15 is 0 Å². The Kier molecular flexibility index (Phi) is 4.97. The summed E-state index contributed by atoms with van der Waals surface area (Å²) >= 11 is 1.78. The lowest BCUT2D eigenvalue weighted by atomic mass is 9.86. The minimum absolute atomic E-state index is 0.425. The maximum Gasteiger partial charge on any atom is 0.0397 e. The first kappa shape index (κ1) is 13.3. The van der Waals surface area contributed by atoms with Gasteiger partial charge in [0.1, 0.15) is 0 Å². The molecule has 0 amide bonds. The third-order valence-electron chi connectivity index (χ3n) is 3.40. The van der Waals surface area contributed by atoms with Crippen LogP contribution in [0.4, 0.5) is 0 Å². The van der Waals surface area contributed by atoms with Gasteiger partial charge in [-0.3, -0.25) is 0 Å². The first-order valence-electron chi connectivity index (χ1n) is 6.67. The number of rotatable bonds is 6. The molecule has 0 aliphatic rings. The molecule has 2 unspecified atom stereocenters. The van der Waals surface area contributed by atoms with Crippen LogP contribution in [0.3, 0.4) is 0 Å². The fourth-order valence-corrected chi connectivity index (χ4v) is 3.22. The molecule has 0 aliphatic heterocycles. The van der Waals surface area contributed by atoms with Crippen LogP contribution in [0.2, 0.25) is 0 Å². The van der Waals surface area contributed by atoms with Gasteiger partial charge in [0.05, 0.1) is 0 Å². The molecule has 96 valence electrons. The highest BCUT2D eigenvalue weighted by Gasteiger charge is 2.22. The van der Waals surface area contributed by atoms with E-state index in [1.54, 1.807) is 11.3 Å². The summed E-state index contributed by atoms with van der Waals surface area (Å²) in [5, 5.41) is 8.07. The lowest BCUT2D eigenvalue weighted by Crippen LogP contribution is -2.26. The molecular formula is C16H21NS. The van der Waals surface area contributed by atoms with Gasteiger partial charge in [-0.1, -0.05) is 44.2 Å². The molecule has 1 aromatic heterocycles. The Morgan fingerprint density at radius 3 is 2.39 bits per heavy atom. The van der Waals surface area contributed by atoms with Crippen LogP contribution in [-0.4, -0.2) is 6.54 Å². The zero-order chi connectivity index (χ0) is 12.8. The Labute approximate surface area is 114 Å². The number of likely N-dealkylation sites (N-methyl/N-ethyl adjacent to an activating group) is 1. The summed E-state index contributed by atoms with van der Waals surface area (Å²) in [7, 11) is 0. The van der Waals surface area contributed by atoms with Gasteiger partial charge in [-0.25, -0.2) is 0 Å². The number of hydrogen-bond acceptors (Lipinski definition) is 2. The minimum Gasteiger partial charge on any atom is -0.310 e. The van der Waals surface area contributed by atoms with Crippen molar-refractivity contribution in [3.05, 3.63) is 58.3 Å². The molecule has 2 rings (SSSR count). The quantitative estimate of drug-likeness (QED) is 0.800. The molecule has 0 spiro atoms. The molecule has 0 fully saturated rings. The molecule has 0 saturated carbocycles. The van der Waals surface area contributed by atoms with Crippen LogP contribution in [0.5, 0.6) is 0 Å². The molecule has 2 aromatic rings. The third-order valence-corrected chi connectivity index (χ3v) is 4.10. The Hall–Kier alpha value is -1.12. The van der Waals surface area contributed by atoms with E-state index in [1.165, 1.54) is 11.1 Å². The van der Waals surface area contributed by atoms with Crippen molar-refractivity contribution in [3.8, 4) is 0 Å². The van der Waals surface area contributed by atoms with Crippen molar-refractivity contribution in [1.82, 2.24) is 5.32 Å². The van der Waals surface area contributed by atoms with Gasteiger partial charge in [0.25, 0.3) is 0 Å². The molecule has 1 N–H and O–H groups in total. The van der Waals surface area contributed by atoms with Crippen molar-refractivity contribution in [1.29, 1.82) is 0 Å². The summed E-state index contributed by atoms with van der Waals surface area (Å²) < 4.78 is 0. The summed E-state index contributed by atoms with van der Waals surface area (Å²) in [6, 6.07) is 13.5. The van der Waals surface area contributed by atoms with Gasteiger partial charge < -0.3 is 5.32 Å². The molecule has 0 bridgehead atoms. The number of thiophene rings is 1. The fourth-order valence-electron chi connectivity index (χ4n) is 2.53. The maximum absolute atomic E-state index is 3.64. The van der Waals surface area contributed by atoms with Gasteiger partial charge >= 0.3 is 0 Å². The highest BCUT2D eigenvalue weighted by atomic mass is 32.1. The second-order valence-corrected chi connectivity index (χ2v) is 5.30. The summed E-state index contributed by atoms with van der Waals surface area (Å²) in [4.78, 5) is 0. The summed E-state index contributed by atoms with van der Waals surface area (Å²) in [6.45, 7) is 5.45. The highest BCUT2D eigenvalue weighted by molar-refractivity contribution is 7.07. The van der Waals surface area contributed by atoms with E-state index in [-0.39, 0.29) is 0 Å². The van der Waals surface area contributed by atoms with Gasteiger partial charge in [0.15, 0.2) is 0 Å². The summed E-state index contributed by atoms with van der Waals surface area (Å²) in [5.74, 6) is 0.542. The van der Waals surface area contributed by atoms with E-state index in [2.05, 4.69) is 66.3 Å². The zero-order valence-electron chi connectivity index (χ0n) is 11.1. The predicted octanol–water partition coefficient (Wildman–Crippen LogP) is 4.59. The van der Waals surface area contributed by atoms with E-state index < -0.39 is 0 Å². The monoisotopic (exact) mass is 259 g/mol. The van der Waals surface area contributed by atoms with Gasteiger partial charge in [-0.15, -0.1) is 0 Å². The summed E-state index contributed by atoms with van der Waals surface area (Å²) in [5.41, 5.74) is 2.84. The summed E-state index contributed by atoms with van der Waals surface area (Å²) in [6.07, 6.45) is 1.15. The van der Waals surface area contributed by atoms with Gasteiger partial charge in [-0.05, 0) is 40.9 Å². The average Bonchev–Trinajstić information content (AvgIpc) is 2.93. The molecule has 2 atom stereocenters. The Morgan fingerprint density at radius 2 is 1.83 bits per heavy atom. The maximum atomic E-state index is 3.64. The number of hydrogen-bond donors (Lipinski definition) is 1. The second kappa shape index (κ2) is 6.72. The van der Waals surface area contributed by atoms with E-state index in [9.17, 15) is 0 Å². The second-order valence-electron chi connectivity index (χ2n) is 4.52. The molecular weight excluding hydrogens is 238 g/mol. The smallest absolute Gasteiger partial charge is 0.0397 e. The van der Waals surface area contributed by atoms with Crippen molar-refractivity contribution in [3.63, 3.8) is 0 Å². The molecule has 0 aliphatic carbocycles. The van der Waals surface area contributed by atoms with Crippen LogP contribution in [0, 0.1) is 0 Å². The first-order chi connectivity index (χ1) is 8.86. The minimum atomic E-state index is 0.425. The Bertz CT molecular complexity index is 435. The number of nitrogens with one attached hydrogen (secondary N) is 1. The zero-order valence-corrected chi connectivity index (χ0v) is 11.9. The lowest BCUT2D eigenvalue weighted by Gasteiger charge is -2.27. The van der Waals surface area contributed by atoms with Crippen molar-refractivity contribution >= 4 is 11.3 Å². The van der Waals surface area contributed by atoms with E-state index in [0.717, 1.165) is 13.0 Å². The Balaban J connectivity index is 2.28. The highest BCUT2D eigenvalue weighted by Crippen LogP contribution is 2.34. The van der Waals surface area contributed by atoms with Crippen LogP contribution in [0.1, 0.15) is 43.4 Å². The fraction of sp³-hybridized carbons (Fsp3) is 0.375. The van der Waals surface area contributed by atoms with Gasteiger partial charge in [0.2, 0.25) is 0 Å². The molecule has 0 radical (unpaired) electrons. The van der Waals surface area contributed by atoms with E-state index in [1.807, 2.05) is 0 Å². The molecule has 1 nitrogen and oxygen atoms in total. The normalized spacial score (nSPS) is 14.3. The van der Waals surface area contributed by atoms with Crippen LogP contribution in [0.25, 0.3) is 0 Å². The van der Waals surface area contributed by atoms with E-state index in [4.69, 9.17) is 0 Å². The van der Waals surface area contributed by atoms with Crippen LogP contribution in [0.15, 0.2) is 47.2 Å². The molecule has 1 heterocycles. The lowest BCUT2D eigenvalue weighted by molar-refractivity contribution is 0.446. The average molecular weight is 259 g/mol. The largest absolute Gasteiger partial charge is 0.310 e. The first-order valence-corrected chi connectivity index (χ1v) is 7.61. The molecule has 18 heavy (non-hydrogen) atoms. The Morgan fingerprint density at radius 1 is 1.06 bits per heavy atom. The molecule has 1 aromatic carbocycles. The third kappa shape index (κ3) is 3.01. The molecule has 2 heteroatoms. The van der Waals surface area contributed by atoms with E-state index in [0.29, 0.717) is 12.0 Å². The van der Waals surface area contributed by atoms with Gasteiger partial charge in [0, 0.05) is 12.0 Å². The van der Waals surface area contributed by atoms with Gasteiger partial charge in [-0.2, -0.15) is 11.3 Å². The SMILES string of the molecule is CCNC(c1ccsc1)C(CC)c1ccccc1. The van der Waals surface area contributed by atoms with Crippen LogP contribution >= 0.6 is 11.3 Å². The van der Waals surface area contributed by atoms with Crippen molar-refractivity contribution < 1.29 is 0 Å². The van der Waals surface area contributed by atoms with Crippen LogP contribution < -0.4 is 5.32 Å². The predicted molar refractivity (Wildman–Crippen MR) is 80.2 cm³/mol. The van der Waals surface area contributed by atoms with Crippen molar-refractivity contribution in [2.75, 3.05) is 6.54 Å².